The summed E-state index contributed by atoms with van der Waals surface area (Å²) in [4.78, 5) is 21.4. The van der Waals surface area contributed by atoms with Gasteiger partial charge in [0.25, 0.3) is 5.91 Å². The van der Waals surface area contributed by atoms with E-state index in [0.717, 1.165) is 35.3 Å². The van der Waals surface area contributed by atoms with Gasteiger partial charge >= 0.3 is 0 Å². The number of hydrogen-bond donors (Lipinski definition) is 0. The summed E-state index contributed by atoms with van der Waals surface area (Å²) in [6, 6.07) is 5.62. The highest BCUT2D eigenvalue weighted by Gasteiger charge is 2.20. The van der Waals surface area contributed by atoms with Crippen LogP contribution in [0.4, 0.5) is 0 Å². The largest absolute Gasteiger partial charge is 0.378 e. The Labute approximate surface area is 157 Å². The molecule has 3 aromatic rings. The van der Waals surface area contributed by atoms with Crippen LogP contribution in [-0.2, 0) is 11.3 Å². The lowest BCUT2D eigenvalue weighted by Gasteiger charge is -2.26. The normalized spacial score (nSPS) is 15.2. The van der Waals surface area contributed by atoms with Gasteiger partial charge in [0.2, 0.25) is 5.65 Å². The Hall–Kier alpha value is -2.58. The molecule has 1 fully saturated rings. The molecule has 0 radical (unpaired) electrons. The molecule has 0 unspecified atom stereocenters. The zero-order valence-corrected chi connectivity index (χ0v) is 16.0. The molecule has 4 rings (SSSR count). The van der Waals surface area contributed by atoms with Crippen molar-refractivity contribution in [3.63, 3.8) is 0 Å². The first kappa shape index (κ1) is 17.8. The molecule has 27 heavy (non-hydrogen) atoms. The van der Waals surface area contributed by atoms with Crippen molar-refractivity contribution in [1.82, 2.24) is 29.5 Å². The number of benzene rings is 1. The minimum absolute atomic E-state index is 0.0289. The lowest BCUT2D eigenvalue weighted by molar-refractivity contribution is 0.0303. The van der Waals surface area contributed by atoms with E-state index in [0.29, 0.717) is 37.5 Å². The van der Waals surface area contributed by atoms with Crippen molar-refractivity contribution in [3.8, 4) is 0 Å². The molecular weight excluding hydrogens is 344 g/mol. The van der Waals surface area contributed by atoms with Gasteiger partial charge in [0, 0.05) is 37.1 Å². The molecule has 8 heteroatoms. The molecule has 1 amide bonds. The molecule has 142 valence electrons. The van der Waals surface area contributed by atoms with Crippen LogP contribution in [0, 0.1) is 6.92 Å². The summed E-state index contributed by atoms with van der Waals surface area (Å²) in [6.07, 6.45) is 0. The number of likely N-dealkylation sites (N-methyl/N-ethyl adjacent to an activating group) is 1. The Bertz CT molecular complexity index is 991. The zero-order chi connectivity index (χ0) is 19.0. The highest BCUT2D eigenvalue weighted by atomic mass is 16.5. The van der Waals surface area contributed by atoms with Gasteiger partial charge in [-0.3, -0.25) is 4.79 Å². The lowest BCUT2D eigenvalue weighted by atomic mass is 10.1. The van der Waals surface area contributed by atoms with E-state index in [-0.39, 0.29) is 5.91 Å². The smallest absolute Gasteiger partial charge is 0.254 e. The predicted molar refractivity (Wildman–Crippen MR) is 103 cm³/mol. The Morgan fingerprint density at radius 2 is 2.00 bits per heavy atom. The van der Waals surface area contributed by atoms with E-state index in [2.05, 4.69) is 24.6 Å². The average molecular weight is 368 g/mol. The fourth-order valence-electron chi connectivity index (χ4n) is 3.45. The van der Waals surface area contributed by atoms with Gasteiger partial charge in [0.15, 0.2) is 0 Å². The molecule has 3 heterocycles. The minimum Gasteiger partial charge on any atom is -0.378 e. The lowest BCUT2D eigenvalue weighted by Crippen LogP contribution is -2.40. The van der Waals surface area contributed by atoms with Crippen LogP contribution in [0.2, 0.25) is 0 Å². The number of rotatable bonds is 4. The van der Waals surface area contributed by atoms with E-state index < -0.39 is 0 Å². The number of carbonyl (C=O) groups is 1. The summed E-state index contributed by atoms with van der Waals surface area (Å²) in [6.45, 7) is 6.10. The first-order valence-electron chi connectivity index (χ1n) is 9.19. The first-order valence-corrected chi connectivity index (χ1v) is 9.19. The molecule has 0 atom stereocenters. The van der Waals surface area contributed by atoms with E-state index >= 15 is 0 Å². The third kappa shape index (κ3) is 3.38. The number of ether oxygens (including phenoxy) is 1. The summed E-state index contributed by atoms with van der Waals surface area (Å²) in [5.74, 6) is 0.930. The molecule has 2 aromatic heterocycles. The van der Waals surface area contributed by atoms with Crippen LogP contribution in [0.5, 0.6) is 0 Å². The summed E-state index contributed by atoms with van der Waals surface area (Å²) in [5, 5.41) is 9.48. The van der Waals surface area contributed by atoms with Crippen LogP contribution < -0.4 is 0 Å². The molecule has 0 aliphatic carbocycles. The standard InChI is InChI=1S/C19H24N6O2/c1-13-20-18-17(25(13)7-6-23(2)3)15-12-14(4-5-16(15)21-22-18)19(26)24-8-10-27-11-9-24/h4-5,12H,6-11H2,1-3H3. The molecule has 8 nitrogen and oxygen atoms in total. The van der Waals surface area contributed by atoms with E-state index in [1.54, 1.807) is 0 Å². The highest BCUT2D eigenvalue weighted by Crippen LogP contribution is 2.25. The quantitative estimate of drug-likeness (QED) is 0.691. The average Bonchev–Trinajstić information content (AvgIpc) is 3.01. The minimum atomic E-state index is 0.0289. The van der Waals surface area contributed by atoms with Crippen molar-refractivity contribution < 1.29 is 9.53 Å². The van der Waals surface area contributed by atoms with Crippen LogP contribution in [0.1, 0.15) is 16.2 Å². The molecule has 0 N–H and O–H groups in total. The Kier molecular flexibility index (Phi) is 4.75. The maximum Gasteiger partial charge on any atom is 0.254 e. The number of imidazole rings is 1. The van der Waals surface area contributed by atoms with Crippen LogP contribution >= 0.6 is 0 Å². The van der Waals surface area contributed by atoms with Crippen LogP contribution in [0.25, 0.3) is 22.1 Å². The molecule has 0 bridgehead atoms. The molecule has 1 aliphatic heterocycles. The second-order valence-corrected chi connectivity index (χ2v) is 7.12. The van der Waals surface area contributed by atoms with E-state index in [9.17, 15) is 4.79 Å². The molecule has 0 spiro atoms. The van der Waals surface area contributed by atoms with Gasteiger partial charge in [0.05, 0.1) is 24.2 Å². The van der Waals surface area contributed by atoms with Gasteiger partial charge in [-0.1, -0.05) is 0 Å². The van der Waals surface area contributed by atoms with Crippen molar-refractivity contribution in [2.75, 3.05) is 46.9 Å². The Balaban J connectivity index is 1.80. The van der Waals surface area contributed by atoms with Crippen molar-refractivity contribution in [3.05, 3.63) is 29.6 Å². The van der Waals surface area contributed by atoms with Crippen molar-refractivity contribution in [1.29, 1.82) is 0 Å². The number of morpholine rings is 1. The van der Waals surface area contributed by atoms with Crippen LogP contribution in [0.15, 0.2) is 18.2 Å². The predicted octanol–water partition coefficient (Wildman–Crippen LogP) is 1.32. The third-order valence-corrected chi connectivity index (χ3v) is 4.96. The number of amides is 1. The summed E-state index contributed by atoms with van der Waals surface area (Å²) >= 11 is 0. The fraction of sp³-hybridized carbons (Fsp3) is 0.474. The van der Waals surface area contributed by atoms with Gasteiger partial charge in [-0.05, 0) is 39.2 Å². The fourth-order valence-corrected chi connectivity index (χ4v) is 3.45. The molecule has 1 saturated heterocycles. The maximum absolute atomic E-state index is 12.9. The monoisotopic (exact) mass is 368 g/mol. The van der Waals surface area contributed by atoms with Gasteiger partial charge < -0.3 is 19.1 Å². The van der Waals surface area contributed by atoms with Gasteiger partial charge in [-0.15, -0.1) is 10.2 Å². The van der Waals surface area contributed by atoms with Gasteiger partial charge in [-0.25, -0.2) is 4.98 Å². The molecule has 0 saturated carbocycles. The molecular formula is C19H24N6O2. The topological polar surface area (TPSA) is 76.4 Å². The van der Waals surface area contributed by atoms with E-state index in [1.165, 1.54) is 0 Å². The number of hydrogen-bond acceptors (Lipinski definition) is 6. The van der Waals surface area contributed by atoms with Gasteiger partial charge in [0.1, 0.15) is 5.82 Å². The summed E-state index contributed by atoms with van der Waals surface area (Å²) in [7, 11) is 4.09. The van der Waals surface area contributed by atoms with E-state index in [1.807, 2.05) is 44.1 Å². The number of aryl methyl sites for hydroxylation is 1. The van der Waals surface area contributed by atoms with Gasteiger partial charge in [-0.2, -0.15) is 0 Å². The Morgan fingerprint density at radius 1 is 1.22 bits per heavy atom. The maximum atomic E-state index is 12.9. The second kappa shape index (κ2) is 7.21. The number of carbonyl (C=O) groups excluding carboxylic acids is 1. The van der Waals surface area contributed by atoms with Crippen LogP contribution in [-0.4, -0.2) is 82.4 Å². The number of fused-ring (bicyclic) bond motifs is 3. The van der Waals surface area contributed by atoms with Crippen molar-refractivity contribution in [2.24, 2.45) is 0 Å². The number of aromatic nitrogens is 4. The van der Waals surface area contributed by atoms with E-state index in [4.69, 9.17) is 4.74 Å². The summed E-state index contributed by atoms with van der Waals surface area (Å²) in [5.41, 5.74) is 2.99. The third-order valence-electron chi connectivity index (χ3n) is 4.96. The SMILES string of the molecule is Cc1nc2nnc3ccc(C(=O)N4CCOCC4)cc3c2n1CCN(C)C. The zero-order valence-electron chi connectivity index (χ0n) is 16.0. The number of nitrogens with zero attached hydrogens (tertiary/aromatic N) is 6. The highest BCUT2D eigenvalue weighted by molar-refractivity contribution is 6.05. The molecule has 1 aliphatic rings. The first-order chi connectivity index (χ1) is 13.0. The Morgan fingerprint density at radius 3 is 2.74 bits per heavy atom. The molecule has 1 aromatic carbocycles. The van der Waals surface area contributed by atoms with Crippen molar-refractivity contribution >= 4 is 28.0 Å². The van der Waals surface area contributed by atoms with Crippen LogP contribution in [0.3, 0.4) is 0 Å². The second-order valence-electron chi connectivity index (χ2n) is 7.12. The summed E-state index contributed by atoms with van der Waals surface area (Å²) < 4.78 is 7.51. The van der Waals surface area contributed by atoms with Crippen molar-refractivity contribution in [2.45, 2.75) is 13.5 Å².